The molecule has 0 atom stereocenters. The van der Waals surface area contributed by atoms with Crippen LogP contribution in [0.3, 0.4) is 0 Å². The fourth-order valence-electron chi connectivity index (χ4n) is 2.16. The van der Waals surface area contributed by atoms with E-state index in [-0.39, 0.29) is 11.1 Å². The number of nitrogens with zero attached hydrogens (tertiary/aromatic N) is 1. The Balaban J connectivity index is 2.53. The standard InChI is InChI=1S/C17H19NO2/c1-13(2)10-11-18-16(14-6-4-3-5-7-14)9-8-15(12-19)17(18)20/h3-9,12-13H,10-11H2,1-2H3. The predicted molar refractivity (Wildman–Crippen MR) is 81.0 cm³/mol. The van der Waals surface area contributed by atoms with Gasteiger partial charge in [0.15, 0.2) is 6.29 Å². The summed E-state index contributed by atoms with van der Waals surface area (Å²) in [5.41, 5.74) is 1.86. The molecule has 0 bridgehead atoms. The second kappa shape index (κ2) is 6.33. The largest absolute Gasteiger partial charge is 0.308 e. The first-order valence-electron chi connectivity index (χ1n) is 6.88. The minimum Gasteiger partial charge on any atom is -0.308 e. The summed E-state index contributed by atoms with van der Waals surface area (Å²) in [4.78, 5) is 23.3. The molecule has 0 saturated heterocycles. The Labute approximate surface area is 118 Å². The van der Waals surface area contributed by atoms with Crippen molar-refractivity contribution in [1.82, 2.24) is 4.57 Å². The number of carbonyl (C=O) groups excluding carboxylic acids is 1. The third-order valence-corrected chi connectivity index (χ3v) is 3.33. The fraction of sp³-hybridized carbons (Fsp3) is 0.294. The summed E-state index contributed by atoms with van der Waals surface area (Å²) in [5, 5.41) is 0. The van der Waals surface area contributed by atoms with Gasteiger partial charge in [0.1, 0.15) is 0 Å². The van der Waals surface area contributed by atoms with Gasteiger partial charge in [0.05, 0.1) is 11.3 Å². The van der Waals surface area contributed by atoms with Gasteiger partial charge >= 0.3 is 0 Å². The molecule has 3 heteroatoms. The number of pyridine rings is 1. The Morgan fingerprint density at radius 3 is 2.40 bits per heavy atom. The molecule has 0 fully saturated rings. The van der Waals surface area contributed by atoms with Crippen molar-refractivity contribution in [2.24, 2.45) is 5.92 Å². The average Bonchev–Trinajstić information content (AvgIpc) is 2.46. The Kier molecular flexibility index (Phi) is 4.51. The molecule has 0 aliphatic heterocycles. The molecule has 0 saturated carbocycles. The number of aldehydes is 1. The molecule has 1 heterocycles. The molecule has 0 N–H and O–H groups in total. The van der Waals surface area contributed by atoms with Gasteiger partial charge in [-0.3, -0.25) is 9.59 Å². The van der Waals surface area contributed by atoms with E-state index >= 15 is 0 Å². The van der Waals surface area contributed by atoms with Crippen molar-refractivity contribution in [3.05, 3.63) is 58.4 Å². The van der Waals surface area contributed by atoms with Gasteiger partial charge in [0.2, 0.25) is 0 Å². The summed E-state index contributed by atoms with van der Waals surface area (Å²) in [5.74, 6) is 0.505. The van der Waals surface area contributed by atoms with E-state index in [0.717, 1.165) is 17.7 Å². The van der Waals surface area contributed by atoms with Crippen LogP contribution < -0.4 is 5.56 Å². The van der Waals surface area contributed by atoms with Crippen molar-refractivity contribution in [3.8, 4) is 11.3 Å². The highest BCUT2D eigenvalue weighted by molar-refractivity contribution is 5.75. The van der Waals surface area contributed by atoms with Crippen LogP contribution in [0.15, 0.2) is 47.3 Å². The molecule has 0 unspecified atom stereocenters. The maximum Gasteiger partial charge on any atom is 0.261 e. The van der Waals surface area contributed by atoms with Crippen LogP contribution in [0.1, 0.15) is 30.6 Å². The molecule has 0 amide bonds. The molecule has 3 nitrogen and oxygen atoms in total. The van der Waals surface area contributed by atoms with Crippen molar-refractivity contribution in [2.45, 2.75) is 26.8 Å². The van der Waals surface area contributed by atoms with Crippen LogP contribution in [-0.2, 0) is 6.54 Å². The number of aromatic nitrogens is 1. The van der Waals surface area contributed by atoms with Gasteiger partial charge in [-0.25, -0.2) is 0 Å². The van der Waals surface area contributed by atoms with E-state index in [0.29, 0.717) is 18.7 Å². The summed E-state index contributed by atoms with van der Waals surface area (Å²) >= 11 is 0. The minimum absolute atomic E-state index is 0.206. The normalized spacial score (nSPS) is 10.8. The van der Waals surface area contributed by atoms with Crippen LogP contribution in [0.4, 0.5) is 0 Å². The van der Waals surface area contributed by atoms with Crippen molar-refractivity contribution in [1.29, 1.82) is 0 Å². The predicted octanol–water partition coefficient (Wildman–Crippen LogP) is 3.37. The van der Waals surface area contributed by atoms with Crippen molar-refractivity contribution in [3.63, 3.8) is 0 Å². The van der Waals surface area contributed by atoms with E-state index in [4.69, 9.17) is 0 Å². The second-order valence-electron chi connectivity index (χ2n) is 5.30. The first-order valence-corrected chi connectivity index (χ1v) is 6.88. The van der Waals surface area contributed by atoms with Crippen LogP contribution in [0.25, 0.3) is 11.3 Å². The highest BCUT2D eigenvalue weighted by atomic mass is 16.1. The molecular weight excluding hydrogens is 250 g/mol. The Morgan fingerprint density at radius 1 is 1.10 bits per heavy atom. The minimum atomic E-state index is -0.206. The van der Waals surface area contributed by atoms with Gasteiger partial charge in [-0.1, -0.05) is 44.2 Å². The Bertz CT molecular complexity index is 642. The van der Waals surface area contributed by atoms with E-state index in [1.807, 2.05) is 36.4 Å². The maximum atomic E-state index is 12.3. The van der Waals surface area contributed by atoms with Gasteiger partial charge in [-0.05, 0) is 30.0 Å². The summed E-state index contributed by atoms with van der Waals surface area (Å²) in [6.07, 6.45) is 1.53. The van der Waals surface area contributed by atoms with Gasteiger partial charge < -0.3 is 4.57 Å². The summed E-state index contributed by atoms with van der Waals surface area (Å²) < 4.78 is 1.71. The lowest BCUT2D eigenvalue weighted by Gasteiger charge is -2.14. The SMILES string of the molecule is CC(C)CCn1c(-c2ccccc2)ccc(C=O)c1=O. The van der Waals surface area contributed by atoms with Crippen molar-refractivity contribution < 1.29 is 4.79 Å². The molecule has 1 aromatic heterocycles. The molecular formula is C17H19NO2. The fourth-order valence-corrected chi connectivity index (χ4v) is 2.16. The highest BCUT2D eigenvalue weighted by Gasteiger charge is 2.10. The molecule has 0 aliphatic carbocycles. The molecule has 1 aromatic carbocycles. The third kappa shape index (κ3) is 3.05. The van der Waals surface area contributed by atoms with Gasteiger partial charge in [0, 0.05) is 6.54 Å². The van der Waals surface area contributed by atoms with E-state index in [1.54, 1.807) is 10.6 Å². The average molecular weight is 269 g/mol. The number of benzene rings is 1. The lowest BCUT2D eigenvalue weighted by molar-refractivity contribution is 0.112. The third-order valence-electron chi connectivity index (χ3n) is 3.33. The number of hydrogen-bond donors (Lipinski definition) is 0. The monoisotopic (exact) mass is 269 g/mol. The maximum absolute atomic E-state index is 12.3. The molecule has 2 rings (SSSR count). The molecule has 0 radical (unpaired) electrons. The zero-order valence-corrected chi connectivity index (χ0v) is 11.9. The number of hydrogen-bond acceptors (Lipinski definition) is 2. The smallest absolute Gasteiger partial charge is 0.261 e. The lowest BCUT2D eigenvalue weighted by Crippen LogP contribution is -2.25. The van der Waals surface area contributed by atoms with Crippen LogP contribution in [0.2, 0.25) is 0 Å². The number of rotatable bonds is 5. The molecule has 20 heavy (non-hydrogen) atoms. The van der Waals surface area contributed by atoms with Gasteiger partial charge in [0.25, 0.3) is 5.56 Å². The zero-order chi connectivity index (χ0) is 14.5. The van der Waals surface area contributed by atoms with Gasteiger partial charge in [-0.15, -0.1) is 0 Å². The Hall–Kier alpha value is -2.16. The molecule has 104 valence electrons. The van der Waals surface area contributed by atoms with E-state index < -0.39 is 0 Å². The van der Waals surface area contributed by atoms with Crippen molar-refractivity contribution in [2.75, 3.05) is 0 Å². The summed E-state index contributed by atoms with van der Waals surface area (Å²) in [7, 11) is 0. The summed E-state index contributed by atoms with van der Waals surface area (Å²) in [6.45, 7) is 4.87. The summed E-state index contributed by atoms with van der Waals surface area (Å²) in [6, 6.07) is 13.2. The molecule has 2 aromatic rings. The van der Waals surface area contributed by atoms with E-state index in [9.17, 15) is 9.59 Å². The van der Waals surface area contributed by atoms with E-state index in [1.165, 1.54) is 0 Å². The second-order valence-corrected chi connectivity index (χ2v) is 5.30. The van der Waals surface area contributed by atoms with Crippen LogP contribution in [-0.4, -0.2) is 10.9 Å². The first kappa shape index (κ1) is 14.3. The Morgan fingerprint density at radius 2 is 1.80 bits per heavy atom. The van der Waals surface area contributed by atoms with Gasteiger partial charge in [-0.2, -0.15) is 0 Å². The molecule has 0 aliphatic rings. The topological polar surface area (TPSA) is 39.1 Å². The molecule has 0 spiro atoms. The quantitative estimate of drug-likeness (QED) is 0.781. The highest BCUT2D eigenvalue weighted by Crippen LogP contribution is 2.18. The zero-order valence-electron chi connectivity index (χ0n) is 11.9. The first-order chi connectivity index (χ1) is 9.63. The lowest BCUT2D eigenvalue weighted by atomic mass is 10.1. The van der Waals surface area contributed by atoms with Crippen molar-refractivity contribution >= 4 is 6.29 Å². The van der Waals surface area contributed by atoms with Crippen LogP contribution in [0, 0.1) is 5.92 Å². The van der Waals surface area contributed by atoms with Crippen LogP contribution in [0.5, 0.6) is 0 Å². The number of carbonyl (C=O) groups is 1. The van der Waals surface area contributed by atoms with Crippen LogP contribution >= 0.6 is 0 Å². The van der Waals surface area contributed by atoms with E-state index in [2.05, 4.69) is 13.8 Å².